The molecule has 0 heterocycles. The van der Waals surface area contributed by atoms with Crippen molar-refractivity contribution in [1.82, 2.24) is 0 Å². The summed E-state index contributed by atoms with van der Waals surface area (Å²) < 4.78 is 1.34. The fourth-order valence-electron chi connectivity index (χ4n) is 5.84. The first-order valence-corrected chi connectivity index (χ1v) is 17.0. The van der Waals surface area contributed by atoms with E-state index in [4.69, 9.17) is 0 Å². The predicted octanol–water partition coefficient (Wildman–Crippen LogP) is 3.51. The average Bonchev–Trinajstić information content (AvgIpc) is 3.47. The molecular formula is C34H30Br2Hf. The van der Waals surface area contributed by atoms with E-state index in [-0.39, 0.29) is 34.0 Å². The SMILES string of the molecule is CCC1=Cc2c(-c3ccccc3)cccc2[CH]1[Hf+2][CH]1C(CC)=Cc2c(-c3ccccc3)cccc21.[Br-].[Br-]. The Morgan fingerprint density at radius 2 is 0.919 bits per heavy atom. The number of fused-ring (bicyclic) bond motifs is 2. The molecule has 2 aliphatic carbocycles. The number of rotatable bonds is 6. The van der Waals surface area contributed by atoms with E-state index in [0.29, 0.717) is 7.35 Å². The molecule has 3 heteroatoms. The zero-order valence-corrected chi connectivity index (χ0v) is 28.0. The van der Waals surface area contributed by atoms with Crippen molar-refractivity contribution in [2.75, 3.05) is 0 Å². The van der Waals surface area contributed by atoms with Crippen LogP contribution >= 0.6 is 0 Å². The van der Waals surface area contributed by atoms with E-state index in [1.54, 1.807) is 22.3 Å². The number of hydrogen-bond donors (Lipinski definition) is 0. The first-order valence-electron chi connectivity index (χ1n) is 12.8. The summed E-state index contributed by atoms with van der Waals surface area (Å²) in [6.07, 6.45) is 7.38. The Balaban J connectivity index is 0.00000160. The molecular weight excluding hydrogens is 747 g/mol. The molecule has 4 aromatic carbocycles. The molecule has 6 rings (SSSR count). The van der Waals surface area contributed by atoms with Crippen molar-refractivity contribution in [3.8, 4) is 22.3 Å². The van der Waals surface area contributed by atoms with Gasteiger partial charge in [0.15, 0.2) is 0 Å². The standard InChI is InChI=1S/2C17H15.2BrH.Hf/c2*1-2-13-11-15-9-6-10-16(17(15)12-13)14-7-4-3-5-8-14;;;/h2*3-12H,2H2,1H3;2*1H;/q;;;;+2/p-2. The third-order valence-corrected chi connectivity index (χ3v) is 14.9. The summed E-state index contributed by atoms with van der Waals surface area (Å²) in [6.45, 7) is 4.70. The smallest absolute Gasteiger partial charge is 1.00 e. The van der Waals surface area contributed by atoms with E-state index in [0.717, 1.165) is 12.8 Å². The molecule has 37 heavy (non-hydrogen) atoms. The molecule has 0 amide bonds. The van der Waals surface area contributed by atoms with Gasteiger partial charge in [0, 0.05) is 0 Å². The van der Waals surface area contributed by atoms with Crippen molar-refractivity contribution in [3.05, 3.63) is 130 Å². The van der Waals surface area contributed by atoms with E-state index >= 15 is 0 Å². The first-order chi connectivity index (χ1) is 17.3. The van der Waals surface area contributed by atoms with Crippen molar-refractivity contribution in [1.29, 1.82) is 0 Å². The second-order valence-electron chi connectivity index (χ2n) is 9.53. The first kappa shape index (κ1) is 28.2. The van der Waals surface area contributed by atoms with Gasteiger partial charge in [-0.15, -0.1) is 0 Å². The number of halogens is 2. The van der Waals surface area contributed by atoms with Crippen LogP contribution in [0.5, 0.6) is 0 Å². The van der Waals surface area contributed by atoms with Crippen molar-refractivity contribution in [3.63, 3.8) is 0 Å². The summed E-state index contributed by atoms with van der Waals surface area (Å²) in [5.74, 6) is 0. The van der Waals surface area contributed by atoms with Crippen molar-refractivity contribution in [2.24, 2.45) is 0 Å². The van der Waals surface area contributed by atoms with Gasteiger partial charge in [0.2, 0.25) is 0 Å². The van der Waals surface area contributed by atoms with Gasteiger partial charge in [-0.2, -0.15) is 0 Å². The van der Waals surface area contributed by atoms with Gasteiger partial charge in [-0.05, 0) is 0 Å². The Hall–Kier alpha value is -1.81. The van der Waals surface area contributed by atoms with Crippen LogP contribution in [0.1, 0.15) is 56.3 Å². The quantitative estimate of drug-likeness (QED) is 0.264. The summed E-state index contributed by atoms with van der Waals surface area (Å²) in [5.41, 5.74) is 14.9. The van der Waals surface area contributed by atoms with Crippen molar-refractivity contribution >= 4 is 12.2 Å². The molecule has 2 unspecified atom stereocenters. The molecule has 0 fully saturated rings. The van der Waals surface area contributed by atoms with Crippen LogP contribution < -0.4 is 34.0 Å². The minimum absolute atomic E-state index is 0. The van der Waals surface area contributed by atoms with Gasteiger partial charge in [0.25, 0.3) is 0 Å². The zero-order valence-electron chi connectivity index (χ0n) is 21.2. The van der Waals surface area contributed by atoms with E-state index in [9.17, 15) is 0 Å². The number of allylic oxidation sites excluding steroid dienone is 2. The minimum Gasteiger partial charge on any atom is -1.00 e. The van der Waals surface area contributed by atoms with Gasteiger partial charge >= 0.3 is 222 Å². The van der Waals surface area contributed by atoms with Gasteiger partial charge in [-0.1, -0.05) is 0 Å². The average molecular weight is 777 g/mol. The van der Waals surface area contributed by atoms with Gasteiger partial charge in [-0.25, -0.2) is 0 Å². The predicted molar refractivity (Wildman–Crippen MR) is 146 cm³/mol. The van der Waals surface area contributed by atoms with E-state index in [2.05, 4.69) is 123 Å². The summed E-state index contributed by atoms with van der Waals surface area (Å²) in [7, 11) is 0. The van der Waals surface area contributed by atoms with Crippen LogP contribution in [0.2, 0.25) is 0 Å². The molecule has 0 saturated heterocycles. The Labute approximate surface area is 253 Å². The summed E-state index contributed by atoms with van der Waals surface area (Å²) >= 11 is -1.16. The van der Waals surface area contributed by atoms with E-state index in [1.165, 1.54) is 33.4 Å². The largest absolute Gasteiger partial charge is 1.00 e. The molecule has 0 aliphatic heterocycles. The zero-order chi connectivity index (χ0) is 23.8. The topological polar surface area (TPSA) is 0 Å². The number of benzene rings is 4. The van der Waals surface area contributed by atoms with Gasteiger partial charge in [-0.3, -0.25) is 0 Å². The molecule has 0 bridgehead atoms. The molecule has 0 nitrogen and oxygen atoms in total. The van der Waals surface area contributed by atoms with Crippen LogP contribution in [0.4, 0.5) is 0 Å². The van der Waals surface area contributed by atoms with Crippen molar-refractivity contribution in [2.45, 2.75) is 34.0 Å². The Bertz CT molecular complexity index is 1330. The maximum atomic E-state index is 2.54. The van der Waals surface area contributed by atoms with Crippen LogP contribution in [-0.4, -0.2) is 0 Å². The fourth-order valence-corrected chi connectivity index (χ4v) is 13.7. The molecule has 0 saturated carbocycles. The minimum atomic E-state index is -1.16. The third-order valence-electron chi connectivity index (χ3n) is 7.62. The monoisotopic (exact) mass is 776 g/mol. The Morgan fingerprint density at radius 1 is 0.514 bits per heavy atom. The Morgan fingerprint density at radius 3 is 1.30 bits per heavy atom. The van der Waals surface area contributed by atoms with Gasteiger partial charge in [0.05, 0.1) is 0 Å². The third kappa shape index (κ3) is 5.24. The molecule has 184 valence electrons. The van der Waals surface area contributed by atoms with Gasteiger partial charge in [0.1, 0.15) is 0 Å². The molecule has 0 radical (unpaired) electrons. The second-order valence-corrected chi connectivity index (χ2v) is 14.9. The van der Waals surface area contributed by atoms with Crippen LogP contribution in [0, 0.1) is 0 Å². The summed E-state index contributed by atoms with van der Waals surface area (Å²) in [4.78, 5) is 0. The molecule has 4 aromatic rings. The molecule has 2 atom stereocenters. The van der Waals surface area contributed by atoms with Crippen molar-refractivity contribution < 1.29 is 56.9 Å². The molecule has 0 aromatic heterocycles. The van der Waals surface area contributed by atoms with Crippen LogP contribution in [-0.2, 0) is 22.9 Å². The van der Waals surface area contributed by atoms with E-state index < -0.39 is 22.9 Å². The molecule has 0 N–H and O–H groups in total. The second kappa shape index (κ2) is 12.4. The maximum absolute atomic E-state index is 2.54. The molecule has 2 aliphatic rings. The van der Waals surface area contributed by atoms with E-state index in [1.807, 2.05) is 0 Å². The summed E-state index contributed by atoms with van der Waals surface area (Å²) in [5, 5.41) is 0. The van der Waals surface area contributed by atoms with Crippen LogP contribution in [0.25, 0.3) is 34.4 Å². The summed E-state index contributed by atoms with van der Waals surface area (Å²) in [6, 6.07) is 35.9. The Kier molecular flexibility index (Phi) is 9.43. The normalized spacial score (nSPS) is 16.9. The maximum Gasteiger partial charge on any atom is -1.00 e. The van der Waals surface area contributed by atoms with Crippen LogP contribution in [0.15, 0.2) is 108 Å². The van der Waals surface area contributed by atoms with Gasteiger partial charge < -0.3 is 34.0 Å². The molecule has 0 spiro atoms. The number of hydrogen-bond acceptors (Lipinski definition) is 0. The fraction of sp³-hybridized carbons (Fsp3) is 0.176. The van der Waals surface area contributed by atoms with Crippen LogP contribution in [0.3, 0.4) is 0 Å².